The van der Waals surface area contributed by atoms with Gasteiger partial charge in [0.1, 0.15) is 11.5 Å². The van der Waals surface area contributed by atoms with Gasteiger partial charge in [0, 0.05) is 18.7 Å². The number of aromatic hydroxyl groups is 2. The number of benzene rings is 3. The average molecular weight is 323 g/mol. The van der Waals surface area contributed by atoms with Gasteiger partial charge in [-0.15, -0.1) is 0 Å². The summed E-state index contributed by atoms with van der Waals surface area (Å²) >= 11 is 0. The molecule has 0 aromatic heterocycles. The van der Waals surface area contributed by atoms with Gasteiger partial charge in [-0.05, 0) is 41.0 Å². The molecule has 0 radical (unpaired) electrons. The van der Waals surface area contributed by atoms with E-state index in [9.17, 15) is 15.3 Å². The Balaban J connectivity index is 1.73. The van der Waals surface area contributed by atoms with Crippen molar-refractivity contribution in [2.24, 2.45) is 0 Å². The van der Waals surface area contributed by atoms with E-state index in [1.165, 1.54) is 34.5 Å². The van der Waals surface area contributed by atoms with Crippen molar-refractivity contribution in [2.45, 2.75) is 19.1 Å². The Labute approximate surface area is 141 Å². The first-order valence-corrected chi connectivity index (χ1v) is 7.96. The summed E-state index contributed by atoms with van der Waals surface area (Å²) in [5, 5.41) is 35.0. The van der Waals surface area contributed by atoms with Crippen LogP contribution in [0.4, 0.5) is 0 Å². The summed E-state index contributed by atoms with van der Waals surface area (Å²) in [4.78, 5) is 0. The second kappa shape index (κ2) is 6.91. The van der Waals surface area contributed by atoms with Crippen LogP contribution in [-0.4, -0.2) is 21.9 Å². The first kappa shape index (κ1) is 16.3. The summed E-state index contributed by atoms with van der Waals surface area (Å²) in [6, 6.07) is 18.6. The number of hydrogen-bond donors (Lipinski definition) is 4. The van der Waals surface area contributed by atoms with Gasteiger partial charge in [0.15, 0.2) is 0 Å². The van der Waals surface area contributed by atoms with Crippen LogP contribution in [-0.2, 0) is 0 Å². The van der Waals surface area contributed by atoms with E-state index in [0.717, 1.165) is 0 Å². The Morgan fingerprint density at radius 1 is 0.917 bits per heavy atom. The summed E-state index contributed by atoms with van der Waals surface area (Å²) in [5.41, 5.74) is 1.64. The highest BCUT2D eigenvalue weighted by atomic mass is 16.3. The molecule has 0 amide bonds. The van der Waals surface area contributed by atoms with Crippen molar-refractivity contribution in [3.05, 3.63) is 71.8 Å². The molecule has 0 unspecified atom stereocenters. The molecule has 0 bridgehead atoms. The van der Waals surface area contributed by atoms with Gasteiger partial charge < -0.3 is 20.6 Å². The standard InChI is InChI=1S/C20H21NO3/c1-13(18-8-4-6-14-5-2-3-7-19(14)18)21-12-20(24)15-9-16(22)11-17(23)10-15/h2-11,13,20-24H,12H2,1H3/t13-,20+/m1/s1. The summed E-state index contributed by atoms with van der Waals surface area (Å²) in [6.07, 6.45) is -0.819. The molecule has 0 aliphatic heterocycles. The first-order chi connectivity index (χ1) is 11.5. The first-order valence-electron chi connectivity index (χ1n) is 7.96. The summed E-state index contributed by atoms with van der Waals surface area (Å²) in [5.74, 6) is -0.127. The largest absolute Gasteiger partial charge is 0.508 e. The minimum absolute atomic E-state index is 0.0525. The van der Waals surface area contributed by atoms with Crippen LogP contribution in [0.5, 0.6) is 11.5 Å². The van der Waals surface area contributed by atoms with Crippen molar-refractivity contribution in [1.29, 1.82) is 0 Å². The van der Waals surface area contributed by atoms with Crippen LogP contribution in [0, 0.1) is 0 Å². The molecule has 0 saturated carbocycles. The maximum absolute atomic E-state index is 10.3. The fourth-order valence-electron chi connectivity index (χ4n) is 2.95. The summed E-state index contributed by atoms with van der Waals surface area (Å²) < 4.78 is 0. The van der Waals surface area contributed by atoms with Gasteiger partial charge in [-0.3, -0.25) is 0 Å². The molecule has 3 aromatic carbocycles. The Morgan fingerprint density at radius 3 is 2.33 bits per heavy atom. The van der Waals surface area contributed by atoms with E-state index in [1.807, 2.05) is 18.2 Å². The lowest BCUT2D eigenvalue weighted by Crippen LogP contribution is -2.24. The Hall–Kier alpha value is -2.56. The van der Waals surface area contributed by atoms with E-state index in [1.54, 1.807) is 0 Å². The van der Waals surface area contributed by atoms with E-state index >= 15 is 0 Å². The van der Waals surface area contributed by atoms with Crippen LogP contribution < -0.4 is 5.32 Å². The molecule has 0 fully saturated rings. The molecule has 124 valence electrons. The molecular formula is C20H21NO3. The fourth-order valence-corrected chi connectivity index (χ4v) is 2.95. The van der Waals surface area contributed by atoms with Gasteiger partial charge in [-0.2, -0.15) is 0 Å². The van der Waals surface area contributed by atoms with Crippen LogP contribution in [0.15, 0.2) is 60.7 Å². The van der Waals surface area contributed by atoms with Crippen LogP contribution in [0.2, 0.25) is 0 Å². The van der Waals surface area contributed by atoms with E-state index in [2.05, 4.69) is 36.5 Å². The van der Waals surface area contributed by atoms with Gasteiger partial charge in [0.05, 0.1) is 6.10 Å². The van der Waals surface area contributed by atoms with Crippen LogP contribution in [0.3, 0.4) is 0 Å². The van der Waals surface area contributed by atoms with E-state index in [-0.39, 0.29) is 17.5 Å². The number of hydrogen-bond acceptors (Lipinski definition) is 4. The number of phenols is 2. The molecule has 4 nitrogen and oxygen atoms in total. The highest BCUT2D eigenvalue weighted by molar-refractivity contribution is 5.86. The third kappa shape index (κ3) is 3.50. The molecule has 0 aliphatic rings. The SMILES string of the molecule is C[C@@H](NC[C@H](O)c1cc(O)cc(O)c1)c1cccc2ccccc12. The predicted octanol–water partition coefficient (Wildman–Crippen LogP) is 3.64. The van der Waals surface area contributed by atoms with E-state index in [4.69, 9.17) is 0 Å². The van der Waals surface area contributed by atoms with Gasteiger partial charge in [-0.25, -0.2) is 0 Å². The second-order valence-corrected chi connectivity index (χ2v) is 6.00. The van der Waals surface area contributed by atoms with Gasteiger partial charge >= 0.3 is 0 Å². The van der Waals surface area contributed by atoms with Crippen molar-refractivity contribution < 1.29 is 15.3 Å². The maximum atomic E-state index is 10.3. The van der Waals surface area contributed by atoms with Crippen molar-refractivity contribution >= 4 is 10.8 Å². The minimum atomic E-state index is -0.819. The molecule has 2 atom stereocenters. The number of rotatable bonds is 5. The van der Waals surface area contributed by atoms with Gasteiger partial charge in [-0.1, -0.05) is 42.5 Å². The number of aliphatic hydroxyl groups is 1. The molecule has 0 aliphatic carbocycles. The third-order valence-corrected chi connectivity index (χ3v) is 4.22. The molecule has 3 rings (SSSR count). The Kier molecular flexibility index (Phi) is 4.69. The smallest absolute Gasteiger partial charge is 0.119 e. The molecule has 4 N–H and O–H groups in total. The van der Waals surface area contributed by atoms with Gasteiger partial charge in [0.25, 0.3) is 0 Å². The number of fused-ring (bicyclic) bond motifs is 1. The lowest BCUT2D eigenvalue weighted by molar-refractivity contribution is 0.170. The molecule has 0 spiro atoms. The van der Waals surface area contributed by atoms with Crippen molar-refractivity contribution in [2.75, 3.05) is 6.54 Å². The van der Waals surface area contributed by atoms with Crippen molar-refractivity contribution in [3.63, 3.8) is 0 Å². The normalized spacial score (nSPS) is 13.8. The maximum Gasteiger partial charge on any atom is 0.119 e. The molecule has 4 heteroatoms. The molecule has 24 heavy (non-hydrogen) atoms. The zero-order valence-electron chi connectivity index (χ0n) is 13.5. The number of aliphatic hydroxyl groups excluding tert-OH is 1. The third-order valence-electron chi connectivity index (χ3n) is 4.22. The second-order valence-electron chi connectivity index (χ2n) is 6.00. The lowest BCUT2D eigenvalue weighted by atomic mass is 9.99. The minimum Gasteiger partial charge on any atom is -0.508 e. The quantitative estimate of drug-likeness (QED) is 0.578. The Morgan fingerprint density at radius 2 is 1.58 bits per heavy atom. The number of nitrogens with one attached hydrogen (secondary N) is 1. The molecule has 0 heterocycles. The zero-order chi connectivity index (χ0) is 17.1. The van der Waals surface area contributed by atoms with E-state index in [0.29, 0.717) is 12.1 Å². The van der Waals surface area contributed by atoms with Crippen LogP contribution in [0.25, 0.3) is 10.8 Å². The molecule has 0 saturated heterocycles. The Bertz CT molecular complexity index is 822. The molecule has 3 aromatic rings. The number of phenolic OH excluding ortho intramolecular Hbond substituents is 2. The van der Waals surface area contributed by atoms with Crippen molar-refractivity contribution in [3.8, 4) is 11.5 Å². The highest BCUT2D eigenvalue weighted by Gasteiger charge is 2.13. The lowest BCUT2D eigenvalue weighted by Gasteiger charge is -2.19. The topological polar surface area (TPSA) is 72.7 Å². The monoisotopic (exact) mass is 323 g/mol. The van der Waals surface area contributed by atoms with E-state index < -0.39 is 6.10 Å². The molecular weight excluding hydrogens is 302 g/mol. The van der Waals surface area contributed by atoms with Gasteiger partial charge in [0.2, 0.25) is 0 Å². The van der Waals surface area contributed by atoms with Crippen LogP contribution in [0.1, 0.15) is 30.2 Å². The fraction of sp³-hybridized carbons (Fsp3) is 0.200. The van der Waals surface area contributed by atoms with Crippen LogP contribution >= 0.6 is 0 Å². The zero-order valence-corrected chi connectivity index (χ0v) is 13.5. The predicted molar refractivity (Wildman–Crippen MR) is 95.1 cm³/mol. The highest BCUT2D eigenvalue weighted by Crippen LogP contribution is 2.27. The summed E-state index contributed by atoms with van der Waals surface area (Å²) in [6.45, 7) is 2.36. The van der Waals surface area contributed by atoms with Crippen molar-refractivity contribution in [1.82, 2.24) is 5.32 Å². The average Bonchev–Trinajstić information content (AvgIpc) is 2.58. The summed E-state index contributed by atoms with van der Waals surface area (Å²) in [7, 11) is 0.